The van der Waals surface area contributed by atoms with Crippen LogP contribution in [0.15, 0.2) is 54.9 Å². The molecule has 0 radical (unpaired) electrons. The lowest BCUT2D eigenvalue weighted by molar-refractivity contribution is -0.214. The highest BCUT2D eigenvalue weighted by molar-refractivity contribution is 6.31. The van der Waals surface area contributed by atoms with E-state index in [2.05, 4.69) is 15.3 Å². The zero-order valence-electron chi connectivity index (χ0n) is 18.6. The Hall–Kier alpha value is -3.88. The Bertz CT molecular complexity index is 1430. The number of anilines is 2. The number of hydrogen-bond acceptors (Lipinski definition) is 7. The number of benzene rings is 2. The van der Waals surface area contributed by atoms with Gasteiger partial charge < -0.3 is 15.9 Å². The first-order chi connectivity index (χ1) is 16.4. The summed E-state index contributed by atoms with van der Waals surface area (Å²) in [5.74, 6) is 0.189. The molecule has 0 saturated carbocycles. The highest BCUT2D eigenvalue weighted by Crippen LogP contribution is 2.32. The molecule has 1 amide bonds. The van der Waals surface area contributed by atoms with Gasteiger partial charge in [0.1, 0.15) is 0 Å². The highest BCUT2D eigenvalue weighted by Gasteiger charge is 2.17. The fourth-order valence-corrected chi connectivity index (χ4v) is 4.16. The molecule has 6 bridgehead atoms. The van der Waals surface area contributed by atoms with Crippen LogP contribution in [0.1, 0.15) is 32.7 Å². The summed E-state index contributed by atoms with van der Waals surface area (Å²) in [6.07, 6.45) is 3.72. The zero-order chi connectivity index (χ0) is 23.8. The number of fused-ring (bicyclic) bond motifs is 8. The van der Waals surface area contributed by atoms with Crippen molar-refractivity contribution >= 4 is 39.8 Å². The van der Waals surface area contributed by atoms with Crippen molar-refractivity contribution in [3.8, 4) is 5.75 Å². The molecule has 2 aromatic carbocycles. The van der Waals surface area contributed by atoms with Crippen LogP contribution < -0.4 is 21.0 Å². The maximum absolute atomic E-state index is 12.8. The van der Waals surface area contributed by atoms with Crippen LogP contribution in [0.2, 0.25) is 5.02 Å². The number of rotatable bonds is 0. The highest BCUT2D eigenvalue weighted by atomic mass is 35.5. The number of nitrogens with two attached hydrogens (primary N) is 1. The first kappa shape index (κ1) is 21.9. The van der Waals surface area contributed by atoms with Gasteiger partial charge in [0.25, 0.3) is 5.91 Å². The van der Waals surface area contributed by atoms with E-state index in [0.717, 1.165) is 27.8 Å². The number of nitrogen functional groups attached to an aromatic ring is 1. The maximum Gasteiger partial charge on any atom is 0.251 e. The van der Waals surface area contributed by atoms with Gasteiger partial charge in [-0.2, -0.15) is 0 Å². The molecule has 0 saturated heterocycles. The third-order valence-corrected chi connectivity index (χ3v) is 6.02. The Balaban J connectivity index is 1.66. The van der Waals surface area contributed by atoms with Gasteiger partial charge in [0, 0.05) is 54.6 Å². The fourth-order valence-electron chi connectivity index (χ4n) is 4.00. The number of hydrogen-bond donors (Lipinski definition) is 2. The number of carbonyl (C=O) groups is 1. The molecule has 1 aliphatic heterocycles. The van der Waals surface area contributed by atoms with Crippen molar-refractivity contribution in [3.63, 3.8) is 0 Å². The number of pyridine rings is 2. The van der Waals surface area contributed by atoms with Gasteiger partial charge in [-0.25, -0.2) is 5.06 Å². The molecular formula is C25H22ClN5O3. The summed E-state index contributed by atoms with van der Waals surface area (Å²) in [6.45, 7) is 2.17. The van der Waals surface area contributed by atoms with Crippen LogP contribution in [0.4, 0.5) is 11.4 Å². The van der Waals surface area contributed by atoms with Gasteiger partial charge in [-0.1, -0.05) is 22.7 Å². The van der Waals surface area contributed by atoms with Gasteiger partial charge in [-0.15, -0.1) is 0 Å². The van der Waals surface area contributed by atoms with Gasteiger partial charge in [0.2, 0.25) is 0 Å². The molecule has 0 fully saturated rings. The summed E-state index contributed by atoms with van der Waals surface area (Å²) in [7, 11) is 1.73. The van der Waals surface area contributed by atoms with E-state index in [4.69, 9.17) is 27.2 Å². The second-order valence-corrected chi connectivity index (χ2v) is 8.60. The molecule has 0 spiro atoms. The molecule has 5 rings (SSSR count). The van der Waals surface area contributed by atoms with Crippen molar-refractivity contribution < 1.29 is 14.7 Å². The van der Waals surface area contributed by atoms with E-state index in [0.29, 0.717) is 46.2 Å². The molecule has 0 aliphatic carbocycles. The first-order valence-corrected chi connectivity index (χ1v) is 11.0. The minimum absolute atomic E-state index is 0.194. The van der Waals surface area contributed by atoms with E-state index in [1.165, 1.54) is 5.06 Å². The lowest BCUT2D eigenvalue weighted by Crippen LogP contribution is -2.24. The van der Waals surface area contributed by atoms with Gasteiger partial charge in [0.05, 0.1) is 21.9 Å². The molecule has 1 aliphatic rings. The predicted octanol–water partition coefficient (Wildman–Crippen LogP) is 4.37. The molecular weight excluding hydrogens is 454 g/mol. The average Bonchev–Trinajstić information content (AvgIpc) is 2.82. The second kappa shape index (κ2) is 8.81. The van der Waals surface area contributed by atoms with E-state index >= 15 is 0 Å². The lowest BCUT2D eigenvalue weighted by Gasteiger charge is -2.21. The Kier molecular flexibility index (Phi) is 5.69. The standard InChI is InChI=1S/C25H22ClN5O3/c1-14-17-3-4-21(27)24(14)33-34-31(2)22-9-15(7-18-10-19(26)13-29-23(18)22)8-20-11-16(5-6-28-20)25(32)30-12-17/h3-7,9-11,13H,8,12,27H2,1-2H3,(H,30,32). The molecule has 0 unspecified atom stereocenters. The largest absolute Gasteiger partial charge is 0.396 e. The van der Waals surface area contributed by atoms with E-state index in [9.17, 15) is 4.79 Å². The second-order valence-electron chi connectivity index (χ2n) is 8.16. The summed E-state index contributed by atoms with van der Waals surface area (Å²) >= 11 is 6.21. The van der Waals surface area contributed by atoms with Crippen molar-refractivity contribution in [2.24, 2.45) is 0 Å². The Labute approximate surface area is 201 Å². The molecule has 0 atom stereocenters. The molecule has 8 nitrogen and oxygen atoms in total. The van der Waals surface area contributed by atoms with E-state index in [1.54, 1.807) is 37.6 Å². The molecule has 2 aromatic heterocycles. The Morgan fingerprint density at radius 2 is 2.00 bits per heavy atom. The van der Waals surface area contributed by atoms with Gasteiger partial charge in [-0.05, 0) is 54.4 Å². The molecule has 34 heavy (non-hydrogen) atoms. The van der Waals surface area contributed by atoms with Crippen LogP contribution in [0.3, 0.4) is 0 Å². The van der Waals surface area contributed by atoms with Crippen LogP contribution in [-0.4, -0.2) is 22.9 Å². The van der Waals surface area contributed by atoms with E-state index in [1.807, 2.05) is 31.2 Å². The van der Waals surface area contributed by atoms with Gasteiger partial charge >= 0.3 is 0 Å². The smallest absolute Gasteiger partial charge is 0.251 e. The summed E-state index contributed by atoms with van der Waals surface area (Å²) in [5.41, 5.74) is 11.8. The zero-order valence-corrected chi connectivity index (χ0v) is 19.4. The lowest BCUT2D eigenvalue weighted by atomic mass is 10.0. The summed E-state index contributed by atoms with van der Waals surface area (Å²) in [4.78, 5) is 33.1. The van der Waals surface area contributed by atoms with Gasteiger partial charge in [0.15, 0.2) is 5.75 Å². The number of nitrogens with one attached hydrogen (secondary N) is 1. The maximum atomic E-state index is 12.8. The average molecular weight is 476 g/mol. The molecule has 3 N–H and O–H groups in total. The quantitative estimate of drug-likeness (QED) is 0.287. The number of nitrogens with zero attached hydrogens (tertiary/aromatic N) is 3. The van der Waals surface area contributed by atoms with E-state index in [-0.39, 0.29) is 5.91 Å². The summed E-state index contributed by atoms with van der Waals surface area (Å²) in [5, 5.41) is 5.80. The number of amides is 1. The molecule has 9 heteroatoms. The Morgan fingerprint density at radius 3 is 2.85 bits per heavy atom. The number of hydroxylamine groups is 1. The molecule has 172 valence electrons. The normalized spacial score (nSPS) is 14.0. The molecule has 3 heterocycles. The SMILES string of the molecule is Cc1c2ccc(N)c1OON(C)c1cc(cc3cc(Cl)cnc13)Cc1cc(ccn1)C(=O)NC2. The van der Waals surface area contributed by atoms with Crippen LogP contribution >= 0.6 is 11.6 Å². The summed E-state index contributed by atoms with van der Waals surface area (Å²) < 4.78 is 0. The minimum Gasteiger partial charge on any atom is -0.396 e. The van der Waals surface area contributed by atoms with Crippen molar-refractivity contribution in [2.45, 2.75) is 19.9 Å². The third-order valence-electron chi connectivity index (χ3n) is 5.81. The minimum atomic E-state index is -0.194. The van der Waals surface area contributed by atoms with Crippen LogP contribution in [0.25, 0.3) is 10.9 Å². The topological polar surface area (TPSA) is 103 Å². The summed E-state index contributed by atoms with van der Waals surface area (Å²) in [6, 6.07) is 12.9. The third kappa shape index (κ3) is 4.21. The number of halogens is 1. The van der Waals surface area contributed by atoms with Crippen molar-refractivity contribution in [1.29, 1.82) is 0 Å². The number of carbonyl (C=O) groups excluding carboxylic acids is 1. The van der Waals surface area contributed by atoms with E-state index < -0.39 is 0 Å². The van der Waals surface area contributed by atoms with Gasteiger partial charge in [-0.3, -0.25) is 14.8 Å². The fraction of sp³-hybridized carbons (Fsp3) is 0.160. The van der Waals surface area contributed by atoms with Crippen LogP contribution in [0.5, 0.6) is 5.75 Å². The first-order valence-electron chi connectivity index (χ1n) is 10.7. The monoisotopic (exact) mass is 475 g/mol. The van der Waals surface area contributed by atoms with Crippen molar-refractivity contribution in [3.05, 3.63) is 87.8 Å². The molecule has 4 aromatic rings. The predicted molar refractivity (Wildman–Crippen MR) is 131 cm³/mol. The van der Waals surface area contributed by atoms with Crippen molar-refractivity contribution in [2.75, 3.05) is 17.8 Å². The van der Waals surface area contributed by atoms with Crippen LogP contribution in [0, 0.1) is 6.92 Å². The Morgan fingerprint density at radius 1 is 1.15 bits per heavy atom. The number of aromatic nitrogens is 2. The van der Waals surface area contributed by atoms with Crippen LogP contribution in [-0.2, 0) is 18.0 Å². The van der Waals surface area contributed by atoms with Crippen molar-refractivity contribution in [1.82, 2.24) is 15.3 Å².